The molecular weight excluding hydrogens is 530 g/mol. The first kappa shape index (κ1) is 27.0. The van der Waals surface area contributed by atoms with E-state index in [0.717, 1.165) is 23.3 Å². The molecule has 2 aliphatic heterocycles. The molecular formula is C34H39N3O5. The highest BCUT2D eigenvalue weighted by molar-refractivity contribution is 6.03. The minimum absolute atomic E-state index is 0.0723. The summed E-state index contributed by atoms with van der Waals surface area (Å²) in [4.78, 5) is 40.5. The molecule has 0 unspecified atom stereocenters. The van der Waals surface area contributed by atoms with Gasteiger partial charge < -0.3 is 24.6 Å². The number of hydrogen-bond donors (Lipinski definition) is 2. The van der Waals surface area contributed by atoms with Crippen molar-refractivity contribution >= 4 is 28.7 Å². The van der Waals surface area contributed by atoms with Gasteiger partial charge in [-0.3, -0.25) is 14.4 Å². The molecule has 2 aliphatic carbocycles. The highest BCUT2D eigenvalue weighted by Crippen LogP contribution is 2.47. The van der Waals surface area contributed by atoms with Crippen molar-refractivity contribution in [2.75, 3.05) is 19.7 Å². The molecule has 1 aromatic heterocycles. The molecule has 2 saturated carbocycles. The number of rotatable bonds is 5. The fraction of sp³-hybridized carbons (Fsp3) is 0.500. The predicted molar refractivity (Wildman–Crippen MR) is 160 cm³/mol. The van der Waals surface area contributed by atoms with Gasteiger partial charge >= 0.3 is 5.97 Å². The molecule has 3 fully saturated rings. The van der Waals surface area contributed by atoms with Crippen molar-refractivity contribution in [2.24, 2.45) is 5.92 Å². The minimum atomic E-state index is -0.905. The van der Waals surface area contributed by atoms with Crippen LogP contribution in [-0.4, -0.2) is 57.6 Å². The Morgan fingerprint density at radius 2 is 1.67 bits per heavy atom. The summed E-state index contributed by atoms with van der Waals surface area (Å²) >= 11 is 0. The smallest absolute Gasteiger partial charge is 0.306 e. The Kier molecular flexibility index (Phi) is 6.95. The van der Waals surface area contributed by atoms with Crippen LogP contribution in [0.3, 0.4) is 0 Å². The van der Waals surface area contributed by atoms with Gasteiger partial charge in [-0.2, -0.15) is 0 Å². The van der Waals surface area contributed by atoms with Gasteiger partial charge in [-0.05, 0) is 80.7 Å². The number of carboxylic acid groups (broad SMARTS) is 1. The van der Waals surface area contributed by atoms with E-state index in [0.29, 0.717) is 63.4 Å². The van der Waals surface area contributed by atoms with Crippen molar-refractivity contribution in [3.05, 3.63) is 53.6 Å². The largest absolute Gasteiger partial charge is 0.491 e. The van der Waals surface area contributed by atoms with Crippen LogP contribution in [0.2, 0.25) is 0 Å². The Hall–Kier alpha value is -3.81. The zero-order valence-corrected chi connectivity index (χ0v) is 24.1. The number of likely N-dealkylation sites (tertiary alicyclic amines) is 1. The Morgan fingerprint density at radius 3 is 2.38 bits per heavy atom. The van der Waals surface area contributed by atoms with Gasteiger partial charge in [0.15, 0.2) is 0 Å². The van der Waals surface area contributed by atoms with Crippen LogP contribution in [0.15, 0.2) is 42.5 Å². The third-order valence-corrected chi connectivity index (χ3v) is 10.2. The number of nitrogens with zero attached hydrogens (tertiary/aromatic N) is 2. The normalized spacial score (nSPS) is 20.5. The molecule has 2 aromatic carbocycles. The average Bonchev–Trinajstić information content (AvgIpc) is 3.20. The van der Waals surface area contributed by atoms with Crippen molar-refractivity contribution in [3.63, 3.8) is 0 Å². The number of hydrogen-bond acceptors (Lipinski definition) is 4. The lowest BCUT2D eigenvalue weighted by molar-refractivity contribution is -0.149. The maximum Gasteiger partial charge on any atom is 0.306 e. The summed E-state index contributed by atoms with van der Waals surface area (Å²) in [6.45, 7) is 2.10. The molecule has 0 spiro atoms. The van der Waals surface area contributed by atoms with Gasteiger partial charge in [0.2, 0.25) is 5.91 Å². The summed E-state index contributed by atoms with van der Waals surface area (Å²) in [5.41, 5.74) is 4.41. The Morgan fingerprint density at radius 1 is 0.905 bits per heavy atom. The highest BCUT2D eigenvalue weighted by Gasteiger charge is 2.48. The minimum Gasteiger partial charge on any atom is -0.491 e. The summed E-state index contributed by atoms with van der Waals surface area (Å²) in [6, 6.07) is 14.3. The van der Waals surface area contributed by atoms with E-state index in [2.05, 4.69) is 28.1 Å². The van der Waals surface area contributed by atoms with Gasteiger partial charge in [0.25, 0.3) is 5.91 Å². The fourth-order valence-electron chi connectivity index (χ4n) is 7.72. The van der Waals surface area contributed by atoms with Crippen molar-refractivity contribution < 1.29 is 24.2 Å². The van der Waals surface area contributed by atoms with Crippen LogP contribution in [0.5, 0.6) is 5.75 Å². The maximum absolute atomic E-state index is 13.8. The molecule has 4 aliphatic rings. The van der Waals surface area contributed by atoms with Crippen molar-refractivity contribution in [1.29, 1.82) is 0 Å². The standard InChI is InChI=1S/C34H39N3O5/c38-31(35-34(15-6-16-34)33(41)36-17-13-23(14-18-36)32(39)40)24-11-12-25-27(21-24)37-19-20-42-28-10-5-4-9-26(28)30(37)29(25)22-7-2-1-3-8-22/h4-5,9-12,21-23H,1-3,6-8,13-20H2,(H,35,38)(H,39,40). The lowest BCUT2D eigenvalue weighted by Crippen LogP contribution is -2.64. The zero-order chi connectivity index (χ0) is 28.8. The van der Waals surface area contributed by atoms with E-state index < -0.39 is 17.4 Å². The Labute approximate surface area is 246 Å². The number of carbonyl (C=O) groups excluding carboxylic acids is 2. The molecule has 42 heavy (non-hydrogen) atoms. The number of carbonyl (C=O) groups is 3. The number of benzene rings is 2. The highest BCUT2D eigenvalue weighted by atomic mass is 16.5. The first-order valence-electron chi connectivity index (χ1n) is 15.7. The van der Waals surface area contributed by atoms with Crippen molar-refractivity contribution in [1.82, 2.24) is 14.8 Å². The molecule has 3 aromatic rings. The number of piperidine rings is 1. The maximum atomic E-state index is 13.8. The molecule has 0 atom stereocenters. The molecule has 0 bridgehead atoms. The Balaban J connectivity index is 1.22. The lowest BCUT2D eigenvalue weighted by Gasteiger charge is -2.45. The van der Waals surface area contributed by atoms with E-state index in [4.69, 9.17) is 4.74 Å². The second kappa shape index (κ2) is 10.8. The predicted octanol–water partition coefficient (Wildman–Crippen LogP) is 5.72. The van der Waals surface area contributed by atoms with E-state index in [9.17, 15) is 19.5 Å². The van der Waals surface area contributed by atoms with Crippen LogP contribution in [-0.2, 0) is 16.1 Å². The number of aliphatic carboxylic acids is 1. The van der Waals surface area contributed by atoms with E-state index >= 15 is 0 Å². The number of nitrogens with one attached hydrogen (secondary N) is 1. The third-order valence-electron chi connectivity index (χ3n) is 10.2. The molecule has 220 valence electrons. The first-order chi connectivity index (χ1) is 20.4. The summed E-state index contributed by atoms with van der Waals surface area (Å²) in [7, 11) is 0. The summed E-state index contributed by atoms with van der Waals surface area (Å²) < 4.78 is 8.52. The van der Waals surface area contributed by atoms with Gasteiger partial charge in [-0.25, -0.2) is 0 Å². The molecule has 2 amide bonds. The van der Waals surface area contributed by atoms with E-state index in [1.807, 2.05) is 24.3 Å². The average molecular weight is 570 g/mol. The van der Waals surface area contributed by atoms with Gasteiger partial charge in [0.05, 0.1) is 18.2 Å². The van der Waals surface area contributed by atoms with Crippen molar-refractivity contribution in [2.45, 2.75) is 82.2 Å². The number of carboxylic acids is 1. The summed E-state index contributed by atoms with van der Waals surface area (Å²) in [5.74, 6) is -0.117. The summed E-state index contributed by atoms with van der Waals surface area (Å²) in [5, 5.41) is 13.7. The van der Waals surface area contributed by atoms with Crippen LogP contribution >= 0.6 is 0 Å². The number of aromatic nitrogens is 1. The summed E-state index contributed by atoms with van der Waals surface area (Å²) in [6.07, 6.45) is 9.11. The van der Waals surface area contributed by atoms with E-state index in [1.54, 1.807) is 4.90 Å². The van der Waals surface area contributed by atoms with Crippen LogP contribution in [0.4, 0.5) is 0 Å². The van der Waals surface area contributed by atoms with Gasteiger partial charge in [-0.15, -0.1) is 0 Å². The monoisotopic (exact) mass is 569 g/mol. The van der Waals surface area contributed by atoms with Crippen LogP contribution in [0, 0.1) is 5.92 Å². The fourth-order valence-corrected chi connectivity index (χ4v) is 7.72. The molecule has 8 nitrogen and oxygen atoms in total. The van der Waals surface area contributed by atoms with E-state index in [-0.39, 0.29) is 11.8 Å². The molecule has 7 rings (SSSR count). The van der Waals surface area contributed by atoms with Gasteiger partial charge in [-0.1, -0.05) is 37.5 Å². The van der Waals surface area contributed by atoms with Gasteiger partial charge in [0, 0.05) is 35.1 Å². The quantitative estimate of drug-likeness (QED) is 0.409. The SMILES string of the molecule is O=C(NC1(C(=O)N2CCC(C(=O)O)CC2)CCC1)c1ccc2c(C3CCCCC3)c3n(c2c1)CCOc1ccccc1-3. The van der Waals surface area contributed by atoms with Crippen LogP contribution in [0.25, 0.3) is 22.2 Å². The number of para-hydroxylation sites is 1. The van der Waals surface area contributed by atoms with E-state index in [1.165, 1.54) is 48.7 Å². The number of fused-ring (bicyclic) bond motifs is 5. The molecule has 2 N–H and O–H groups in total. The van der Waals surface area contributed by atoms with Crippen molar-refractivity contribution in [3.8, 4) is 17.0 Å². The first-order valence-corrected chi connectivity index (χ1v) is 15.7. The van der Waals surface area contributed by atoms with Crippen LogP contribution in [0.1, 0.15) is 86.0 Å². The van der Waals surface area contributed by atoms with Crippen LogP contribution < -0.4 is 10.1 Å². The molecule has 8 heteroatoms. The lowest BCUT2D eigenvalue weighted by atomic mass is 9.75. The molecule has 1 saturated heterocycles. The zero-order valence-electron chi connectivity index (χ0n) is 24.1. The second-order valence-corrected chi connectivity index (χ2v) is 12.6. The number of ether oxygens (including phenoxy) is 1. The van der Waals surface area contributed by atoms with Gasteiger partial charge in [0.1, 0.15) is 17.9 Å². The molecule has 0 radical (unpaired) electrons. The third kappa shape index (κ3) is 4.56. The second-order valence-electron chi connectivity index (χ2n) is 12.6. The molecule has 3 heterocycles. The topological polar surface area (TPSA) is 101 Å². The number of amides is 2. The Bertz CT molecular complexity index is 1540.